The molecule has 1 aliphatic rings. The summed E-state index contributed by atoms with van der Waals surface area (Å²) in [7, 11) is 0. The molecule has 1 atom stereocenters. The van der Waals surface area contributed by atoms with Gasteiger partial charge in [0, 0.05) is 11.8 Å². The van der Waals surface area contributed by atoms with Gasteiger partial charge in [-0.15, -0.1) is 0 Å². The molecule has 128 valence electrons. The van der Waals surface area contributed by atoms with Gasteiger partial charge in [-0.3, -0.25) is 9.59 Å². The largest absolute Gasteiger partial charge is 0.324 e. The Kier molecular flexibility index (Phi) is 3.52. The molecule has 8 heteroatoms. The second kappa shape index (κ2) is 5.73. The average Bonchev–Trinajstić information content (AvgIpc) is 3.17. The minimum absolute atomic E-state index is 0.270. The minimum Gasteiger partial charge on any atom is -0.324 e. The molecule has 3 N–H and O–H groups in total. The summed E-state index contributed by atoms with van der Waals surface area (Å²) in [6.45, 7) is 1.64. The van der Waals surface area contributed by atoms with E-state index in [0.29, 0.717) is 16.7 Å². The fraction of sp³-hybridized carbons (Fsp3) is 0.294. The summed E-state index contributed by atoms with van der Waals surface area (Å²) in [4.78, 5) is 41.3. The molecule has 2 heterocycles. The standard InChI is InChI=1S/C17H17N5O3/c1-9(22-15(23)7-10-3-2-4-12(10)21-22)16(24)18-11-5-6-13-14(8-11)20-17(25)19-13/h5-9H,2-4H2,1H3,(H,18,24)(H2,19,20,25). The molecule has 1 aromatic carbocycles. The minimum atomic E-state index is -0.737. The molecule has 0 spiro atoms. The van der Waals surface area contributed by atoms with Crippen LogP contribution in [0.3, 0.4) is 0 Å². The Balaban J connectivity index is 1.59. The number of hydrogen-bond acceptors (Lipinski definition) is 4. The molecule has 0 saturated carbocycles. The number of amides is 1. The molecule has 0 bridgehead atoms. The Morgan fingerprint density at radius 1 is 1.20 bits per heavy atom. The number of nitrogens with zero attached hydrogens (tertiary/aromatic N) is 2. The summed E-state index contributed by atoms with van der Waals surface area (Å²) in [6.07, 6.45) is 2.69. The number of aromatic amines is 2. The molecular weight excluding hydrogens is 322 g/mol. The van der Waals surface area contributed by atoms with Crippen LogP contribution in [0.2, 0.25) is 0 Å². The maximum atomic E-state index is 12.5. The highest BCUT2D eigenvalue weighted by Gasteiger charge is 2.21. The van der Waals surface area contributed by atoms with Crippen LogP contribution in [-0.4, -0.2) is 25.7 Å². The molecule has 3 aromatic rings. The molecule has 8 nitrogen and oxygen atoms in total. The molecular formula is C17H17N5O3. The molecule has 1 aliphatic carbocycles. The van der Waals surface area contributed by atoms with Crippen molar-refractivity contribution in [3.63, 3.8) is 0 Å². The van der Waals surface area contributed by atoms with Gasteiger partial charge >= 0.3 is 5.69 Å². The van der Waals surface area contributed by atoms with Gasteiger partial charge in [-0.2, -0.15) is 5.10 Å². The first kappa shape index (κ1) is 15.4. The number of H-pyrrole nitrogens is 2. The summed E-state index contributed by atoms with van der Waals surface area (Å²) in [5.41, 5.74) is 3.10. The van der Waals surface area contributed by atoms with Crippen molar-refractivity contribution in [1.29, 1.82) is 0 Å². The Morgan fingerprint density at radius 2 is 2.00 bits per heavy atom. The Bertz CT molecular complexity index is 1090. The van der Waals surface area contributed by atoms with Crippen molar-refractivity contribution in [3.05, 3.63) is 56.4 Å². The third-order valence-corrected chi connectivity index (χ3v) is 4.51. The molecule has 1 unspecified atom stereocenters. The number of aromatic nitrogens is 4. The number of anilines is 1. The quantitative estimate of drug-likeness (QED) is 0.663. The van der Waals surface area contributed by atoms with Crippen LogP contribution in [0.15, 0.2) is 33.9 Å². The summed E-state index contributed by atoms with van der Waals surface area (Å²) < 4.78 is 1.23. The number of hydrogen-bond donors (Lipinski definition) is 3. The highest BCUT2D eigenvalue weighted by Crippen LogP contribution is 2.19. The van der Waals surface area contributed by atoms with E-state index in [1.807, 2.05) is 0 Å². The first-order valence-electron chi connectivity index (χ1n) is 8.16. The van der Waals surface area contributed by atoms with Gasteiger partial charge in [-0.25, -0.2) is 9.48 Å². The highest BCUT2D eigenvalue weighted by molar-refractivity contribution is 5.95. The van der Waals surface area contributed by atoms with Crippen molar-refractivity contribution in [2.45, 2.75) is 32.2 Å². The molecule has 0 fully saturated rings. The smallest absolute Gasteiger partial charge is 0.323 e. The van der Waals surface area contributed by atoms with Gasteiger partial charge in [0.2, 0.25) is 5.91 Å². The van der Waals surface area contributed by atoms with Crippen molar-refractivity contribution in [3.8, 4) is 0 Å². The third-order valence-electron chi connectivity index (χ3n) is 4.51. The topological polar surface area (TPSA) is 113 Å². The van der Waals surface area contributed by atoms with Crippen molar-refractivity contribution in [1.82, 2.24) is 19.7 Å². The van der Waals surface area contributed by atoms with Gasteiger partial charge in [0.15, 0.2) is 0 Å². The molecule has 0 radical (unpaired) electrons. The molecule has 25 heavy (non-hydrogen) atoms. The van der Waals surface area contributed by atoms with Crippen LogP contribution in [0.25, 0.3) is 11.0 Å². The molecule has 2 aromatic heterocycles. The third kappa shape index (κ3) is 2.75. The van der Waals surface area contributed by atoms with Crippen molar-refractivity contribution in [2.24, 2.45) is 0 Å². The predicted molar refractivity (Wildman–Crippen MR) is 92.8 cm³/mol. The van der Waals surface area contributed by atoms with E-state index in [-0.39, 0.29) is 17.2 Å². The first-order valence-corrected chi connectivity index (χ1v) is 8.16. The van der Waals surface area contributed by atoms with Crippen LogP contribution in [0, 0.1) is 0 Å². The Hall–Kier alpha value is -3.16. The summed E-state index contributed by atoms with van der Waals surface area (Å²) in [5, 5.41) is 7.12. The van der Waals surface area contributed by atoms with Crippen molar-refractivity contribution < 1.29 is 4.79 Å². The lowest BCUT2D eigenvalue weighted by Gasteiger charge is -2.15. The number of rotatable bonds is 3. The second-order valence-corrected chi connectivity index (χ2v) is 6.26. The zero-order valence-electron chi connectivity index (χ0n) is 13.6. The molecule has 1 amide bonds. The monoisotopic (exact) mass is 339 g/mol. The van der Waals surface area contributed by atoms with E-state index in [9.17, 15) is 14.4 Å². The van der Waals surface area contributed by atoms with Gasteiger partial charge in [-0.1, -0.05) is 0 Å². The lowest BCUT2D eigenvalue weighted by atomic mass is 10.2. The van der Waals surface area contributed by atoms with Gasteiger partial charge < -0.3 is 15.3 Å². The summed E-state index contributed by atoms with van der Waals surface area (Å²) in [6, 6.07) is 5.90. The predicted octanol–water partition coefficient (Wildman–Crippen LogP) is 1.10. The van der Waals surface area contributed by atoms with Crippen LogP contribution in [0.5, 0.6) is 0 Å². The van der Waals surface area contributed by atoms with Gasteiger partial charge in [0.1, 0.15) is 6.04 Å². The van der Waals surface area contributed by atoms with Gasteiger partial charge in [-0.05, 0) is 49.9 Å². The average molecular weight is 339 g/mol. The second-order valence-electron chi connectivity index (χ2n) is 6.26. The number of carbonyl (C=O) groups excluding carboxylic acids is 1. The fourth-order valence-corrected chi connectivity index (χ4v) is 3.16. The Labute approximate surface area is 141 Å². The SMILES string of the molecule is CC(C(=O)Nc1ccc2[nH]c(=O)[nH]c2c1)n1nc2c(cc1=O)CCC2. The molecule has 0 aliphatic heterocycles. The van der Waals surface area contributed by atoms with E-state index in [1.54, 1.807) is 31.2 Å². The lowest BCUT2D eigenvalue weighted by Crippen LogP contribution is -2.33. The van der Waals surface area contributed by atoms with Crippen LogP contribution in [0.1, 0.15) is 30.6 Å². The zero-order valence-corrected chi connectivity index (χ0v) is 13.6. The number of benzene rings is 1. The number of nitrogens with one attached hydrogen (secondary N) is 3. The van der Waals surface area contributed by atoms with Crippen molar-refractivity contribution >= 4 is 22.6 Å². The van der Waals surface area contributed by atoms with E-state index in [1.165, 1.54) is 4.68 Å². The summed E-state index contributed by atoms with van der Waals surface area (Å²) >= 11 is 0. The number of imidazole rings is 1. The maximum Gasteiger partial charge on any atom is 0.323 e. The number of fused-ring (bicyclic) bond motifs is 2. The zero-order chi connectivity index (χ0) is 17.6. The number of carbonyl (C=O) groups is 1. The van der Waals surface area contributed by atoms with E-state index >= 15 is 0 Å². The molecule has 0 saturated heterocycles. The van der Waals surface area contributed by atoms with Crippen LogP contribution in [0.4, 0.5) is 5.69 Å². The normalized spacial score (nSPS) is 14.4. The fourth-order valence-electron chi connectivity index (χ4n) is 3.16. The number of aryl methyl sites for hydroxylation is 2. The van der Waals surface area contributed by atoms with E-state index in [4.69, 9.17) is 0 Å². The van der Waals surface area contributed by atoms with Crippen LogP contribution < -0.4 is 16.6 Å². The molecule has 4 rings (SSSR count). The lowest BCUT2D eigenvalue weighted by molar-refractivity contribution is -0.119. The van der Waals surface area contributed by atoms with Gasteiger partial charge in [0.25, 0.3) is 5.56 Å². The van der Waals surface area contributed by atoms with Crippen LogP contribution >= 0.6 is 0 Å². The highest BCUT2D eigenvalue weighted by atomic mass is 16.2. The Morgan fingerprint density at radius 3 is 2.84 bits per heavy atom. The first-order chi connectivity index (χ1) is 12.0. The van der Waals surface area contributed by atoms with Crippen LogP contribution in [-0.2, 0) is 17.6 Å². The maximum absolute atomic E-state index is 12.5. The van der Waals surface area contributed by atoms with E-state index < -0.39 is 6.04 Å². The van der Waals surface area contributed by atoms with Crippen molar-refractivity contribution in [2.75, 3.05) is 5.32 Å². The van der Waals surface area contributed by atoms with E-state index in [2.05, 4.69) is 20.4 Å². The van der Waals surface area contributed by atoms with Gasteiger partial charge in [0.05, 0.1) is 16.7 Å². The van der Waals surface area contributed by atoms with E-state index in [0.717, 1.165) is 30.5 Å². The summed E-state index contributed by atoms with van der Waals surface area (Å²) in [5.74, 6) is -0.343.